The zero-order chi connectivity index (χ0) is 17.5. The fourth-order valence-electron chi connectivity index (χ4n) is 2.88. The summed E-state index contributed by atoms with van der Waals surface area (Å²) in [6.07, 6.45) is 0.940. The van der Waals surface area contributed by atoms with Crippen molar-refractivity contribution in [2.45, 2.75) is 51.4 Å². The molecule has 2 N–H and O–H groups in total. The maximum Gasteiger partial charge on any atom is 0.494 e. The van der Waals surface area contributed by atoms with Crippen LogP contribution in [0.4, 0.5) is 0 Å². The smallest absolute Gasteiger partial charge is 0.399 e. The summed E-state index contributed by atoms with van der Waals surface area (Å²) in [5.74, 6) is -0.144. The van der Waals surface area contributed by atoms with Crippen LogP contribution in [0.15, 0.2) is 18.2 Å². The molecule has 0 radical (unpaired) electrons. The van der Waals surface area contributed by atoms with Crippen LogP contribution < -0.4 is 16.1 Å². The highest BCUT2D eigenvalue weighted by Crippen LogP contribution is 2.36. The molecule has 130 valence electrons. The van der Waals surface area contributed by atoms with Gasteiger partial charge in [0.15, 0.2) is 0 Å². The van der Waals surface area contributed by atoms with E-state index in [4.69, 9.17) is 20.9 Å². The van der Waals surface area contributed by atoms with Crippen molar-refractivity contribution in [3.05, 3.63) is 28.8 Å². The van der Waals surface area contributed by atoms with Crippen molar-refractivity contribution in [2.24, 2.45) is 0 Å². The van der Waals surface area contributed by atoms with Gasteiger partial charge in [0.1, 0.15) is 0 Å². The number of benzene rings is 1. The Morgan fingerprint density at radius 3 is 2.50 bits per heavy atom. The first-order valence-electron chi connectivity index (χ1n) is 8.36. The normalized spacial score (nSPS) is 25.0. The molecule has 7 heteroatoms. The van der Waals surface area contributed by atoms with E-state index in [9.17, 15) is 4.79 Å². The molecule has 0 saturated carbocycles. The van der Waals surface area contributed by atoms with Gasteiger partial charge in [0.05, 0.1) is 21.8 Å². The molecule has 2 aliphatic rings. The van der Waals surface area contributed by atoms with E-state index in [0.717, 1.165) is 25.0 Å². The number of carbonyl (C=O) groups excluding carboxylic acids is 1. The molecule has 2 fully saturated rings. The van der Waals surface area contributed by atoms with Gasteiger partial charge in [0.25, 0.3) is 5.91 Å². The number of hydrogen-bond donors (Lipinski definition) is 2. The van der Waals surface area contributed by atoms with Gasteiger partial charge >= 0.3 is 7.12 Å². The van der Waals surface area contributed by atoms with Crippen molar-refractivity contribution in [2.75, 3.05) is 13.1 Å². The first-order valence-corrected chi connectivity index (χ1v) is 8.74. The third-order valence-electron chi connectivity index (χ3n) is 5.16. The molecule has 0 spiro atoms. The molecule has 2 aliphatic heterocycles. The molecule has 5 nitrogen and oxygen atoms in total. The average molecular weight is 351 g/mol. The number of halogens is 1. The van der Waals surface area contributed by atoms with Crippen LogP contribution >= 0.6 is 11.6 Å². The predicted molar refractivity (Wildman–Crippen MR) is 95.9 cm³/mol. The Labute approximate surface area is 148 Å². The van der Waals surface area contributed by atoms with Crippen molar-refractivity contribution in [1.82, 2.24) is 10.6 Å². The standard InChI is InChI=1S/C17H24BClN2O3/c1-16(2)17(3,4)24-18(23-16)11-5-6-13(14(19)9-11)15(22)21-12-7-8-20-10-12/h5-6,9,12,20H,7-8,10H2,1-4H3,(H,21,22). The van der Waals surface area contributed by atoms with Crippen molar-refractivity contribution in [3.8, 4) is 0 Å². The molecule has 0 aliphatic carbocycles. The monoisotopic (exact) mass is 350 g/mol. The second-order valence-electron chi connectivity index (χ2n) is 7.49. The van der Waals surface area contributed by atoms with Crippen LogP contribution in [0, 0.1) is 0 Å². The quantitative estimate of drug-likeness (QED) is 0.815. The molecule has 1 unspecified atom stereocenters. The lowest BCUT2D eigenvalue weighted by Crippen LogP contribution is -2.41. The predicted octanol–water partition coefficient (Wildman–Crippen LogP) is 1.73. The van der Waals surface area contributed by atoms with Crippen molar-refractivity contribution < 1.29 is 14.1 Å². The van der Waals surface area contributed by atoms with Gasteiger partial charge in [-0.1, -0.05) is 17.7 Å². The van der Waals surface area contributed by atoms with Crippen molar-refractivity contribution >= 4 is 30.1 Å². The summed E-state index contributed by atoms with van der Waals surface area (Å²) in [6.45, 7) is 9.76. The van der Waals surface area contributed by atoms with Gasteiger partial charge in [0, 0.05) is 12.6 Å². The molecule has 0 aromatic heterocycles. The number of rotatable bonds is 3. The first kappa shape index (κ1) is 17.7. The van der Waals surface area contributed by atoms with Crippen LogP contribution in [-0.4, -0.2) is 43.4 Å². The zero-order valence-corrected chi connectivity index (χ0v) is 15.4. The van der Waals surface area contributed by atoms with E-state index in [-0.39, 0.29) is 11.9 Å². The summed E-state index contributed by atoms with van der Waals surface area (Å²) >= 11 is 6.34. The Kier molecular flexibility index (Phi) is 4.68. The van der Waals surface area contributed by atoms with E-state index in [1.807, 2.05) is 33.8 Å². The summed E-state index contributed by atoms with van der Waals surface area (Å²) in [4.78, 5) is 12.4. The SMILES string of the molecule is CC1(C)OB(c2ccc(C(=O)NC3CCNC3)c(Cl)c2)OC1(C)C. The molecular formula is C17H24BClN2O3. The molecule has 2 saturated heterocycles. The van der Waals surface area contributed by atoms with Crippen LogP contribution in [0.1, 0.15) is 44.5 Å². The minimum absolute atomic E-state index is 0.144. The van der Waals surface area contributed by atoms with E-state index in [2.05, 4.69) is 10.6 Å². The number of amides is 1. The molecule has 1 aromatic carbocycles. The first-order chi connectivity index (χ1) is 11.2. The lowest BCUT2D eigenvalue weighted by atomic mass is 9.79. The minimum Gasteiger partial charge on any atom is -0.399 e. The molecule has 1 atom stereocenters. The number of hydrogen-bond acceptors (Lipinski definition) is 4. The Morgan fingerprint density at radius 1 is 1.29 bits per heavy atom. The Bertz CT molecular complexity index is 629. The minimum atomic E-state index is -0.483. The molecule has 1 aromatic rings. The lowest BCUT2D eigenvalue weighted by molar-refractivity contribution is 0.00578. The van der Waals surface area contributed by atoms with Gasteiger partial charge in [-0.2, -0.15) is 0 Å². The highest BCUT2D eigenvalue weighted by atomic mass is 35.5. The summed E-state index contributed by atoms with van der Waals surface area (Å²) in [6, 6.07) is 5.50. The van der Waals surface area contributed by atoms with E-state index >= 15 is 0 Å². The average Bonchev–Trinajstić information content (AvgIpc) is 3.05. The van der Waals surface area contributed by atoms with Crippen LogP contribution in [0.25, 0.3) is 0 Å². The Hall–Kier alpha value is -1.08. The molecule has 3 rings (SSSR count). The van der Waals surface area contributed by atoms with Crippen LogP contribution in [-0.2, 0) is 9.31 Å². The van der Waals surface area contributed by atoms with E-state index in [1.165, 1.54) is 0 Å². The topological polar surface area (TPSA) is 59.6 Å². The van der Waals surface area contributed by atoms with E-state index in [1.54, 1.807) is 12.1 Å². The third-order valence-corrected chi connectivity index (χ3v) is 5.47. The van der Waals surface area contributed by atoms with Gasteiger partial charge < -0.3 is 19.9 Å². The maximum absolute atomic E-state index is 12.4. The Balaban J connectivity index is 1.74. The highest BCUT2D eigenvalue weighted by Gasteiger charge is 2.51. The molecule has 2 heterocycles. The molecular weight excluding hydrogens is 326 g/mol. The highest BCUT2D eigenvalue weighted by molar-refractivity contribution is 6.62. The van der Waals surface area contributed by atoms with Crippen molar-refractivity contribution in [3.63, 3.8) is 0 Å². The second-order valence-corrected chi connectivity index (χ2v) is 7.90. The lowest BCUT2D eigenvalue weighted by Gasteiger charge is -2.32. The summed E-state index contributed by atoms with van der Waals surface area (Å²) < 4.78 is 12.0. The molecule has 24 heavy (non-hydrogen) atoms. The maximum atomic E-state index is 12.4. The summed E-state index contributed by atoms with van der Waals surface area (Å²) in [7, 11) is -0.483. The van der Waals surface area contributed by atoms with E-state index < -0.39 is 18.3 Å². The van der Waals surface area contributed by atoms with Crippen LogP contribution in [0.2, 0.25) is 5.02 Å². The fraction of sp³-hybridized carbons (Fsp3) is 0.588. The third kappa shape index (κ3) is 3.33. The van der Waals surface area contributed by atoms with Crippen LogP contribution in [0.3, 0.4) is 0 Å². The Morgan fingerprint density at radius 2 is 1.96 bits per heavy atom. The molecule has 1 amide bonds. The van der Waals surface area contributed by atoms with Crippen molar-refractivity contribution in [1.29, 1.82) is 0 Å². The largest absolute Gasteiger partial charge is 0.494 e. The molecule has 0 bridgehead atoms. The fourth-order valence-corrected chi connectivity index (χ4v) is 3.16. The van der Waals surface area contributed by atoms with Gasteiger partial charge in [-0.15, -0.1) is 0 Å². The van der Waals surface area contributed by atoms with Gasteiger partial charge in [-0.3, -0.25) is 4.79 Å². The zero-order valence-electron chi connectivity index (χ0n) is 14.6. The van der Waals surface area contributed by atoms with Gasteiger partial charge in [0.2, 0.25) is 0 Å². The second kappa shape index (κ2) is 6.34. The summed E-state index contributed by atoms with van der Waals surface area (Å²) in [5.41, 5.74) is 0.479. The van der Waals surface area contributed by atoms with E-state index in [0.29, 0.717) is 10.6 Å². The number of nitrogens with one attached hydrogen (secondary N) is 2. The summed E-state index contributed by atoms with van der Waals surface area (Å²) in [5, 5.41) is 6.64. The van der Waals surface area contributed by atoms with Crippen LogP contribution in [0.5, 0.6) is 0 Å². The van der Waals surface area contributed by atoms with Gasteiger partial charge in [-0.25, -0.2) is 0 Å². The van der Waals surface area contributed by atoms with Gasteiger partial charge in [-0.05, 0) is 58.3 Å². The number of carbonyl (C=O) groups is 1.